The predicted molar refractivity (Wildman–Crippen MR) is 67.3 cm³/mol. The third-order valence-corrected chi connectivity index (χ3v) is 5.28. The minimum atomic E-state index is -0.0188. The maximum Gasteiger partial charge on any atom is 0.126 e. The lowest BCUT2D eigenvalue weighted by molar-refractivity contribution is 0.0453. The van der Waals surface area contributed by atoms with Gasteiger partial charge in [0.2, 0.25) is 0 Å². The van der Waals surface area contributed by atoms with Gasteiger partial charge in [-0.2, -0.15) is 0 Å². The molecule has 0 spiro atoms. The third kappa shape index (κ3) is 1.61. The Morgan fingerprint density at radius 2 is 1.59 bits per heavy atom. The maximum absolute atomic E-state index is 14.0. The quantitative estimate of drug-likeness (QED) is 0.832. The van der Waals surface area contributed by atoms with Crippen molar-refractivity contribution in [2.24, 2.45) is 11.1 Å². The second-order valence-corrected chi connectivity index (χ2v) is 5.96. The van der Waals surface area contributed by atoms with Gasteiger partial charge in [-0.3, -0.25) is 0 Å². The molecule has 0 aromatic heterocycles. The van der Waals surface area contributed by atoms with Crippen molar-refractivity contribution in [3.05, 3.63) is 35.6 Å². The molecule has 0 atom stereocenters. The molecular weight excluding hydrogens is 213 g/mol. The minimum Gasteiger partial charge on any atom is -0.330 e. The molecule has 92 valence electrons. The van der Waals surface area contributed by atoms with Gasteiger partial charge in [-0.25, -0.2) is 4.39 Å². The van der Waals surface area contributed by atoms with Crippen LogP contribution < -0.4 is 5.73 Å². The number of hydrogen-bond donors (Lipinski definition) is 1. The van der Waals surface area contributed by atoms with E-state index in [1.54, 1.807) is 12.1 Å². The van der Waals surface area contributed by atoms with Crippen LogP contribution in [0, 0.1) is 11.2 Å². The zero-order valence-corrected chi connectivity index (χ0v) is 10.2. The summed E-state index contributed by atoms with van der Waals surface area (Å²) in [7, 11) is 0. The Morgan fingerprint density at radius 1 is 1.00 bits per heavy atom. The Labute approximate surface area is 102 Å². The first-order valence-electron chi connectivity index (χ1n) is 6.65. The van der Waals surface area contributed by atoms with Crippen molar-refractivity contribution in [3.63, 3.8) is 0 Å². The summed E-state index contributed by atoms with van der Waals surface area (Å²) >= 11 is 0. The van der Waals surface area contributed by atoms with Crippen LogP contribution in [0.1, 0.15) is 44.1 Å². The van der Waals surface area contributed by atoms with Gasteiger partial charge < -0.3 is 5.73 Å². The summed E-state index contributed by atoms with van der Waals surface area (Å²) in [5.74, 6) is -0.0188. The molecule has 1 aromatic rings. The molecule has 1 nitrogen and oxygen atoms in total. The molecule has 2 bridgehead atoms. The highest BCUT2D eigenvalue weighted by molar-refractivity contribution is 5.29. The average Bonchev–Trinajstić information content (AvgIpc) is 2.41. The van der Waals surface area contributed by atoms with Gasteiger partial charge in [0.1, 0.15) is 5.82 Å². The van der Waals surface area contributed by atoms with Crippen molar-refractivity contribution < 1.29 is 4.39 Å². The summed E-state index contributed by atoms with van der Waals surface area (Å²) in [6.07, 6.45) is 6.88. The molecule has 0 heterocycles. The summed E-state index contributed by atoms with van der Waals surface area (Å²) in [5.41, 5.74) is 7.36. The molecule has 2 N–H and O–H groups in total. The Kier molecular flexibility index (Phi) is 2.51. The monoisotopic (exact) mass is 233 g/mol. The van der Waals surface area contributed by atoms with E-state index in [1.807, 2.05) is 12.1 Å². The summed E-state index contributed by atoms with van der Waals surface area (Å²) < 4.78 is 14.0. The van der Waals surface area contributed by atoms with E-state index in [1.165, 1.54) is 19.3 Å². The van der Waals surface area contributed by atoms with Gasteiger partial charge in [0, 0.05) is 0 Å². The van der Waals surface area contributed by atoms with Crippen molar-refractivity contribution in [1.82, 2.24) is 0 Å². The molecule has 1 aromatic carbocycles. The predicted octanol–water partition coefficient (Wildman–Crippen LogP) is 3.38. The van der Waals surface area contributed by atoms with Crippen molar-refractivity contribution in [2.45, 2.75) is 43.9 Å². The highest BCUT2D eigenvalue weighted by Gasteiger charge is 2.49. The smallest absolute Gasteiger partial charge is 0.126 e. The van der Waals surface area contributed by atoms with Crippen molar-refractivity contribution in [1.29, 1.82) is 0 Å². The molecule has 0 unspecified atom stereocenters. The van der Waals surface area contributed by atoms with Crippen LogP contribution in [0.2, 0.25) is 0 Å². The van der Waals surface area contributed by atoms with Crippen LogP contribution in [0.3, 0.4) is 0 Å². The molecule has 3 saturated carbocycles. The molecule has 2 heteroatoms. The zero-order valence-electron chi connectivity index (χ0n) is 10.2. The number of rotatable bonds is 2. The maximum atomic E-state index is 14.0. The van der Waals surface area contributed by atoms with Crippen molar-refractivity contribution in [3.8, 4) is 0 Å². The second kappa shape index (κ2) is 3.81. The van der Waals surface area contributed by atoms with Gasteiger partial charge in [0.05, 0.1) is 0 Å². The van der Waals surface area contributed by atoms with Crippen molar-refractivity contribution in [2.75, 3.05) is 6.54 Å². The van der Waals surface area contributed by atoms with Gasteiger partial charge in [-0.1, -0.05) is 18.2 Å². The summed E-state index contributed by atoms with van der Waals surface area (Å²) in [4.78, 5) is 0. The molecular formula is C15H20FN. The van der Waals surface area contributed by atoms with Gasteiger partial charge in [-0.05, 0) is 67.5 Å². The number of halogens is 1. The molecule has 17 heavy (non-hydrogen) atoms. The second-order valence-electron chi connectivity index (χ2n) is 5.96. The lowest BCUT2D eigenvalue weighted by Crippen LogP contribution is -2.47. The Balaban J connectivity index is 1.93. The minimum absolute atomic E-state index is 0.0188. The summed E-state index contributed by atoms with van der Waals surface area (Å²) in [6.45, 7) is 0.806. The van der Waals surface area contributed by atoms with Crippen LogP contribution in [0.5, 0.6) is 0 Å². The SMILES string of the molecule is NCC12CCC(c3ccccc3F)(CC1)CC2. The molecule has 0 aliphatic heterocycles. The van der Waals surface area contributed by atoms with E-state index in [4.69, 9.17) is 5.73 Å². The fraction of sp³-hybridized carbons (Fsp3) is 0.600. The summed E-state index contributed by atoms with van der Waals surface area (Å²) in [5, 5.41) is 0. The van der Waals surface area contributed by atoms with E-state index in [2.05, 4.69) is 0 Å². The first kappa shape index (κ1) is 11.2. The van der Waals surface area contributed by atoms with E-state index in [0.29, 0.717) is 5.41 Å². The van der Waals surface area contributed by atoms with Crippen LogP contribution in [0.15, 0.2) is 24.3 Å². The number of nitrogens with two attached hydrogens (primary N) is 1. The van der Waals surface area contributed by atoms with Gasteiger partial charge in [-0.15, -0.1) is 0 Å². The fourth-order valence-corrected chi connectivity index (χ4v) is 3.86. The first-order chi connectivity index (χ1) is 8.20. The molecule has 3 aliphatic rings. The van der Waals surface area contributed by atoms with Gasteiger partial charge in [0.25, 0.3) is 0 Å². The topological polar surface area (TPSA) is 26.0 Å². The normalized spacial score (nSPS) is 36.1. The lowest BCUT2D eigenvalue weighted by atomic mass is 9.52. The zero-order chi connectivity index (χ0) is 11.9. The number of fused-ring (bicyclic) bond motifs is 3. The van der Waals surface area contributed by atoms with E-state index >= 15 is 0 Å². The van der Waals surface area contributed by atoms with E-state index in [9.17, 15) is 4.39 Å². The van der Waals surface area contributed by atoms with E-state index in [-0.39, 0.29) is 11.2 Å². The highest BCUT2D eigenvalue weighted by atomic mass is 19.1. The number of benzene rings is 1. The average molecular weight is 233 g/mol. The third-order valence-electron chi connectivity index (χ3n) is 5.28. The van der Waals surface area contributed by atoms with Crippen LogP contribution in [0.25, 0.3) is 0 Å². The summed E-state index contributed by atoms with van der Waals surface area (Å²) in [6, 6.07) is 7.33. The van der Waals surface area contributed by atoms with E-state index in [0.717, 1.165) is 31.4 Å². The molecule has 0 amide bonds. The Morgan fingerprint density at radius 3 is 2.12 bits per heavy atom. The number of hydrogen-bond acceptors (Lipinski definition) is 1. The molecule has 3 fully saturated rings. The fourth-order valence-electron chi connectivity index (χ4n) is 3.86. The van der Waals surface area contributed by atoms with Crippen LogP contribution in [-0.2, 0) is 5.41 Å². The van der Waals surface area contributed by atoms with Crippen molar-refractivity contribution >= 4 is 0 Å². The van der Waals surface area contributed by atoms with Crippen LogP contribution in [-0.4, -0.2) is 6.54 Å². The Bertz CT molecular complexity index is 402. The largest absolute Gasteiger partial charge is 0.330 e. The first-order valence-corrected chi connectivity index (χ1v) is 6.65. The van der Waals surface area contributed by atoms with Gasteiger partial charge >= 0.3 is 0 Å². The lowest BCUT2D eigenvalue weighted by Gasteiger charge is -2.53. The molecule has 0 saturated heterocycles. The van der Waals surface area contributed by atoms with Gasteiger partial charge in [0.15, 0.2) is 0 Å². The Hall–Kier alpha value is -0.890. The van der Waals surface area contributed by atoms with Crippen LogP contribution in [0.4, 0.5) is 4.39 Å². The standard InChI is InChI=1S/C15H20FN/c16-13-4-2-1-3-12(13)15-8-5-14(11-17,6-9-15)7-10-15/h1-4H,5-11,17H2. The molecule has 4 rings (SSSR count). The van der Waals surface area contributed by atoms with Crippen LogP contribution >= 0.6 is 0 Å². The highest BCUT2D eigenvalue weighted by Crippen LogP contribution is 2.57. The molecule has 0 radical (unpaired) electrons. The molecule has 3 aliphatic carbocycles. The van der Waals surface area contributed by atoms with E-state index < -0.39 is 0 Å².